The third-order valence-electron chi connectivity index (χ3n) is 2.89. The van der Waals surface area contributed by atoms with Gasteiger partial charge in [-0.25, -0.2) is 0 Å². The Balaban J connectivity index is 1.88. The molecule has 2 aromatic carbocycles. The lowest BCUT2D eigenvalue weighted by Gasteiger charge is -1.96. The van der Waals surface area contributed by atoms with Crippen molar-refractivity contribution in [2.45, 2.75) is 9.92 Å². The SMILES string of the molecule is C[n+]1sc(-c2ccccc2)cc1Sc1ccc(Br)cc1. The molecule has 0 aliphatic rings. The summed E-state index contributed by atoms with van der Waals surface area (Å²) in [7, 11) is 2.11. The minimum atomic E-state index is 1.11. The predicted molar refractivity (Wildman–Crippen MR) is 89.2 cm³/mol. The molecule has 0 spiro atoms. The highest BCUT2D eigenvalue weighted by Gasteiger charge is 2.16. The Morgan fingerprint density at radius 2 is 1.70 bits per heavy atom. The van der Waals surface area contributed by atoms with Gasteiger partial charge in [-0.2, -0.15) is 0 Å². The number of hydrogen-bond donors (Lipinski definition) is 0. The summed E-state index contributed by atoms with van der Waals surface area (Å²) in [5, 5.41) is 1.26. The average Bonchev–Trinajstić information content (AvgIpc) is 2.84. The first-order valence-corrected chi connectivity index (χ1v) is 8.60. The van der Waals surface area contributed by atoms with E-state index in [0.29, 0.717) is 0 Å². The predicted octanol–water partition coefficient (Wildman–Crippen LogP) is 5.15. The van der Waals surface area contributed by atoms with Crippen LogP contribution in [0.15, 0.2) is 75.1 Å². The Bertz CT molecular complexity index is 705. The number of nitrogens with zero attached hydrogens (tertiary/aromatic N) is 1. The molecule has 100 valence electrons. The molecule has 0 atom stereocenters. The van der Waals surface area contributed by atoms with Crippen molar-refractivity contribution in [3.63, 3.8) is 0 Å². The van der Waals surface area contributed by atoms with Crippen molar-refractivity contribution < 1.29 is 3.96 Å². The van der Waals surface area contributed by atoms with Crippen molar-refractivity contribution in [2.24, 2.45) is 7.05 Å². The van der Waals surface area contributed by atoms with Crippen LogP contribution in [-0.4, -0.2) is 0 Å². The van der Waals surface area contributed by atoms with Gasteiger partial charge in [-0.1, -0.05) is 46.3 Å². The van der Waals surface area contributed by atoms with Crippen molar-refractivity contribution in [1.82, 2.24) is 0 Å². The molecule has 0 saturated carbocycles. The van der Waals surface area contributed by atoms with Crippen molar-refractivity contribution in [2.75, 3.05) is 0 Å². The zero-order valence-electron chi connectivity index (χ0n) is 10.9. The van der Waals surface area contributed by atoms with Gasteiger partial charge in [0.05, 0.1) is 0 Å². The number of benzene rings is 2. The van der Waals surface area contributed by atoms with E-state index in [1.54, 1.807) is 23.3 Å². The van der Waals surface area contributed by atoms with Crippen LogP contribution in [0.25, 0.3) is 10.4 Å². The topological polar surface area (TPSA) is 3.88 Å². The van der Waals surface area contributed by atoms with Gasteiger partial charge in [0.15, 0.2) is 7.05 Å². The molecular formula is C16H13BrNS2+. The molecule has 0 amide bonds. The van der Waals surface area contributed by atoms with E-state index in [-0.39, 0.29) is 0 Å². The molecule has 0 bridgehead atoms. The number of aromatic nitrogens is 1. The maximum absolute atomic E-state index is 3.47. The van der Waals surface area contributed by atoms with Crippen LogP contribution in [0.3, 0.4) is 0 Å². The second-order valence-corrected chi connectivity index (χ2v) is 7.54. The van der Waals surface area contributed by atoms with Gasteiger partial charge in [-0.3, -0.25) is 0 Å². The molecular weight excluding hydrogens is 350 g/mol. The van der Waals surface area contributed by atoms with Crippen LogP contribution in [0.1, 0.15) is 0 Å². The van der Waals surface area contributed by atoms with Crippen LogP contribution in [0.2, 0.25) is 0 Å². The summed E-state index contributed by atoms with van der Waals surface area (Å²) in [6.45, 7) is 0. The highest BCUT2D eigenvalue weighted by atomic mass is 79.9. The Kier molecular flexibility index (Phi) is 4.24. The van der Waals surface area contributed by atoms with E-state index in [1.807, 2.05) is 0 Å². The highest BCUT2D eigenvalue weighted by molar-refractivity contribution is 9.10. The number of aryl methyl sites for hydroxylation is 1. The van der Waals surface area contributed by atoms with Crippen molar-refractivity contribution >= 4 is 39.2 Å². The van der Waals surface area contributed by atoms with Crippen molar-refractivity contribution in [1.29, 1.82) is 0 Å². The van der Waals surface area contributed by atoms with Crippen LogP contribution in [0.5, 0.6) is 0 Å². The van der Waals surface area contributed by atoms with E-state index in [0.717, 1.165) is 4.47 Å². The van der Waals surface area contributed by atoms with Gasteiger partial charge in [-0.05, 0) is 41.6 Å². The third kappa shape index (κ3) is 3.14. The molecule has 0 saturated heterocycles. The second kappa shape index (κ2) is 6.12. The average molecular weight is 363 g/mol. The van der Waals surface area contributed by atoms with E-state index in [9.17, 15) is 0 Å². The lowest BCUT2D eigenvalue weighted by atomic mass is 10.2. The lowest BCUT2D eigenvalue weighted by Crippen LogP contribution is -2.23. The molecule has 1 heterocycles. The van der Waals surface area contributed by atoms with Crippen LogP contribution in [-0.2, 0) is 7.05 Å². The summed E-state index contributed by atoms with van der Waals surface area (Å²) in [5.74, 6) is 0. The molecule has 0 unspecified atom stereocenters. The molecule has 0 N–H and O–H groups in total. The van der Waals surface area contributed by atoms with E-state index < -0.39 is 0 Å². The zero-order chi connectivity index (χ0) is 13.9. The summed E-state index contributed by atoms with van der Waals surface area (Å²) in [6, 6.07) is 21.2. The van der Waals surface area contributed by atoms with Crippen LogP contribution >= 0.6 is 39.2 Å². The molecule has 20 heavy (non-hydrogen) atoms. The molecule has 3 rings (SSSR count). The highest BCUT2D eigenvalue weighted by Crippen LogP contribution is 2.32. The van der Waals surface area contributed by atoms with E-state index in [2.05, 4.69) is 87.6 Å². The van der Waals surface area contributed by atoms with Crippen LogP contribution in [0, 0.1) is 0 Å². The molecule has 0 aliphatic carbocycles. The maximum atomic E-state index is 3.47. The largest absolute Gasteiger partial charge is 0.259 e. The summed E-state index contributed by atoms with van der Waals surface area (Å²) in [5.41, 5.74) is 1.27. The second-order valence-electron chi connectivity index (χ2n) is 4.36. The maximum Gasteiger partial charge on any atom is 0.259 e. The van der Waals surface area contributed by atoms with Crippen molar-refractivity contribution in [3.8, 4) is 10.4 Å². The molecule has 3 aromatic rings. The Hall–Kier alpha value is -1.10. The summed E-state index contributed by atoms with van der Waals surface area (Å²) in [4.78, 5) is 2.55. The molecule has 0 aliphatic heterocycles. The number of rotatable bonds is 3. The first-order valence-electron chi connectivity index (χ1n) is 6.21. The third-order valence-corrected chi connectivity index (χ3v) is 5.67. The smallest absolute Gasteiger partial charge is 0.130 e. The van der Waals surface area contributed by atoms with Crippen LogP contribution < -0.4 is 3.96 Å². The van der Waals surface area contributed by atoms with Gasteiger partial charge in [0.25, 0.3) is 5.03 Å². The zero-order valence-corrected chi connectivity index (χ0v) is 14.1. The summed E-state index contributed by atoms with van der Waals surface area (Å²) < 4.78 is 3.33. The quantitative estimate of drug-likeness (QED) is 0.582. The fourth-order valence-electron chi connectivity index (χ4n) is 1.88. The summed E-state index contributed by atoms with van der Waals surface area (Å²) >= 11 is 7.04. The number of hydrogen-bond acceptors (Lipinski definition) is 2. The van der Waals surface area contributed by atoms with Gasteiger partial charge in [-0.15, -0.1) is 3.96 Å². The summed E-state index contributed by atoms with van der Waals surface area (Å²) in [6.07, 6.45) is 0. The lowest BCUT2D eigenvalue weighted by molar-refractivity contribution is -0.640. The van der Waals surface area contributed by atoms with E-state index in [1.165, 1.54) is 20.4 Å². The van der Waals surface area contributed by atoms with E-state index >= 15 is 0 Å². The van der Waals surface area contributed by atoms with Crippen molar-refractivity contribution in [3.05, 3.63) is 65.1 Å². The molecule has 0 radical (unpaired) electrons. The molecule has 1 nitrogen and oxygen atoms in total. The fraction of sp³-hybridized carbons (Fsp3) is 0.0625. The van der Waals surface area contributed by atoms with Crippen LogP contribution in [0.4, 0.5) is 0 Å². The Morgan fingerprint density at radius 1 is 1.00 bits per heavy atom. The van der Waals surface area contributed by atoms with Gasteiger partial charge < -0.3 is 0 Å². The Labute approximate surface area is 135 Å². The molecule has 0 fully saturated rings. The van der Waals surface area contributed by atoms with E-state index in [4.69, 9.17) is 0 Å². The molecule has 1 aromatic heterocycles. The minimum absolute atomic E-state index is 1.11. The monoisotopic (exact) mass is 362 g/mol. The normalized spacial score (nSPS) is 10.7. The van der Waals surface area contributed by atoms with Gasteiger partial charge in [0.2, 0.25) is 0 Å². The minimum Gasteiger partial charge on any atom is -0.130 e. The van der Waals surface area contributed by atoms with Gasteiger partial charge in [0.1, 0.15) is 16.4 Å². The first-order chi connectivity index (χ1) is 9.72. The standard InChI is InChI=1S/C16H13BrNS2/c1-18-16(19-14-9-7-13(17)8-10-14)11-15(20-18)12-5-3-2-4-6-12/h2-11H,1H3/q+1. The van der Waals surface area contributed by atoms with Gasteiger partial charge in [0, 0.05) is 15.4 Å². The number of halogens is 1. The molecule has 4 heteroatoms. The first kappa shape index (κ1) is 13.9. The fourth-order valence-corrected chi connectivity index (χ4v) is 4.10. The van der Waals surface area contributed by atoms with Gasteiger partial charge >= 0.3 is 0 Å². The Morgan fingerprint density at radius 3 is 2.40 bits per heavy atom.